The van der Waals surface area contributed by atoms with Crippen LogP contribution in [0.3, 0.4) is 0 Å². The van der Waals surface area contributed by atoms with E-state index in [0.29, 0.717) is 0 Å². The Kier molecular flexibility index (Phi) is 1.42. The molecular weight excluding hydrogens is 121 g/mol. The minimum Gasteiger partial charge on any atom is -0.480 e. The van der Waals surface area contributed by atoms with Crippen molar-refractivity contribution in [2.45, 2.75) is 0 Å². The second-order valence-electron chi connectivity index (χ2n) is 1.78. The van der Waals surface area contributed by atoms with Crippen LogP contribution in [0.4, 0.5) is 4.39 Å². The van der Waals surface area contributed by atoms with Crippen molar-refractivity contribution in [3.8, 4) is 5.88 Å². The van der Waals surface area contributed by atoms with Crippen molar-refractivity contribution in [1.29, 1.82) is 0 Å². The van der Waals surface area contributed by atoms with Gasteiger partial charge in [0.25, 0.3) is 0 Å². The van der Waals surface area contributed by atoms with Crippen LogP contribution in [0.15, 0.2) is 12.3 Å². The van der Waals surface area contributed by atoms with E-state index in [0.717, 1.165) is 0 Å². The van der Waals surface area contributed by atoms with E-state index in [-0.39, 0.29) is 11.7 Å². The highest BCUT2D eigenvalue weighted by molar-refractivity contribution is 5.15. The second kappa shape index (κ2) is 2.09. The molecule has 0 fully saturated rings. The van der Waals surface area contributed by atoms with Gasteiger partial charge in [-0.3, -0.25) is 0 Å². The first-order valence-corrected chi connectivity index (χ1v) is 2.60. The number of methoxy groups -OCH3 is 1. The van der Waals surface area contributed by atoms with Gasteiger partial charge in [-0.05, 0) is 6.07 Å². The molecule has 1 aromatic rings. The second-order valence-corrected chi connectivity index (χ2v) is 1.78. The highest BCUT2D eigenvalue weighted by Crippen LogP contribution is 2.14. The molecule has 0 spiro atoms. The first kappa shape index (κ1) is 6.13. The number of hydrogen-bond donors (Lipinski definition) is 0. The van der Waals surface area contributed by atoms with E-state index >= 15 is 0 Å². The molecule has 0 saturated heterocycles. The molecule has 9 heavy (non-hydrogen) atoms. The molecule has 0 aliphatic carbocycles. The Morgan fingerprint density at radius 3 is 2.56 bits per heavy atom. The quantitative estimate of drug-likeness (QED) is 0.555. The lowest BCUT2D eigenvalue weighted by molar-refractivity contribution is 0.358. The lowest BCUT2D eigenvalue weighted by atomic mass is 10.6. The predicted molar refractivity (Wildman–Crippen MR) is 31.9 cm³/mol. The van der Waals surface area contributed by atoms with Gasteiger partial charge in [0.1, 0.15) is 0 Å². The van der Waals surface area contributed by atoms with Crippen molar-refractivity contribution < 1.29 is 9.13 Å². The third-order valence-electron chi connectivity index (χ3n) is 1.16. The monoisotopic (exact) mass is 129 g/mol. The molecule has 0 atom stereocenters. The van der Waals surface area contributed by atoms with Crippen LogP contribution in [-0.4, -0.2) is 11.7 Å². The summed E-state index contributed by atoms with van der Waals surface area (Å²) in [5.74, 6) is -0.0463. The zero-order valence-corrected chi connectivity index (χ0v) is 5.39. The van der Waals surface area contributed by atoms with Gasteiger partial charge in [0.2, 0.25) is 5.88 Å². The Labute approximate surface area is 52.9 Å². The first-order chi connectivity index (χ1) is 4.25. The fraction of sp³-hybridized carbons (Fsp3) is 0.333. The Morgan fingerprint density at radius 1 is 1.67 bits per heavy atom. The van der Waals surface area contributed by atoms with Gasteiger partial charge >= 0.3 is 0 Å². The van der Waals surface area contributed by atoms with Crippen molar-refractivity contribution in [2.75, 3.05) is 7.11 Å². The predicted octanol–water partition coefficient (Wildman–Crippen LogP) is 1.17. The lowest BCUT2D eigenvalue weighted by Gasteiger charge is -1.98. The van der Waals surface area contributed by atoms with Crippen molar-refractivity contribution in [2.24, 2.45) is 7.05 Å². The normalized spacial score (nSPS) is 9.67. The van der Waals surface area contributed by atoms with Crippen LogP contribution < -0.4 is 4.74 Å². The molecule has 0 radical (unpaired) electrons. The summed E-state index contributed by atoms with van der Waals surface area (Å²) >= 11 is 0. The number of aromatic nitrogens is 1. The van der Waals surface area contributed by atoms with Crippen LogP contribution >= 0.6 is 0 Å². The molecule has 0 aromatic carbocycles. The van der Waals surface area contributed by atoms with Crippen LogP contribution in [-0.2, 0) is 7.05 Å². The van der Waals surface area contributed by atoms with Gasteiger partial charge in [-0.15, -0.1) is 0 Å². The summed E-state index contributed by atoms with van der Waals surface area (Å²) in [6.45, 7) is 0. The third kappa shape index (κ3) is 0.896. The number of ether oxygens (including phenoxy) is 1. The number of rotatable bonds is 1. The molecule has 0 N–H and O–H groups in total. The van der Waals surface area contributed by atoms with Gasteiger partial charge in [0, 0.05) is 13.2 Å². The summed E-state index contributed by atoms with van der Waals surface area (Å²) in [6, 6.07) is 1.36. The topological polar surface area (TPSA) is 14.2 Å². The number of aryl methyl sites for hydroxylation is 1. The Morgan fingerprint density at radius 2 is 2.33 bits per heavy atom. The summed E-state index contributed by atoms with van der Waals surface area (Å²) in [4.78, 5) is 0. The highest BCUT2D eigenvalue weighted by atomic mass is 19.1. The average Bonchev–Trinajstić information content (AvgIpc) is 2.12. The molecule has 0 bridgehead atoms. The summed E-state index contributed by atoms with van der Waals surface area (Å²) in [5.41, 5.74) is 0. The van der Waals surface area contributed by atoms with Gasteiger partial charge in [-0.2, -0.15) is 0 Å². The van der Waals surface area contributed by atoms with Crippen molar-refractivity contribution in [3.05, 3.63) is 18.1 Å². The van der Waals surface area contributed by atoms with Gasteiger partial charge in [-0.1, -0.05) is 0 Å². The standard InChI is InChI=1S/C6H8FNO/c1-8-4-3-5(7)6(8)9-2/h3-4H,1-2H3. The van der Waals surface area contributed by atoms with E-state index in [4.69, 9.17) is 4.74 Å². The van der Waals surface area contributed by atoms with Gasteiger partial charge in [0.05, 0.1) is 7.11 Å². The Hall–Kier alpha value is -0.990. The zero-order valence-electron chi connectivity index (χ0n) is 5.39. The SMILES string of the molecule is COc1c(F)ccn1C. The molecule has 2 nitrogen and oxygen atoms in total. The maximum atomic E-state index is 12.5. The Bertz CT molecular complexity index is 187. The number of hydrogen-bond acceptors (Lipinski definition) is 1. The molecule has 50 valence electrons. The minimum atomic E-state index is -0.319. The molecule has 1 rings (SSSR count). The van der Waals surface area contributed by atoms with Crippen LogP contribution in [0.2, 0.25) is 0 Å². The summed E-state index contributed by atoms with van der Waals surface area (Å²) in [5, 5.41) is 0. The molecule has 0 aliphatic heterocycles. The molecule has 0 unspecified atom stereocenters. The molecule has 0 saturated carbocycles. The van der Waals surface area contributed by atoms with Crippen LogP contribution in [0, 0.1) is 5.82 Å². The molecular formula is C6H8FNO. The summed E-state index contributed by atoms with van der Waals surface area (Å²) in [7, 11) is 3.17. The number of halogens is 1. The fourth-order valence-electron chi connectivity index (χ4n) is 0.726. The summed E-state index contributed by atoms with van der Waals surface area (Å²) in [6.07, 6.45) is 1.61. The Balaban J connectivity index is 3.07. The van der Waals surface area contributed by atoms with Crippen LogP contribution in [0.1, 0.15) is 0 Å². The van der Waals surface area contributed by atoms with E-state index in [1.54, 1.807) is 17.8 Å². The molecule has 1 aromatic heterocycles. The van der Waals surface area contributed by atoms with E-state index < -0.39 is 0 Å². The summed E-state index contributed by atoms with van der Waals surface area (Å²) < 4.78 is 18.7. The molecule has 0 aliphatic rings. The van der Waals surface area contributed by atoms with Crippen LogP contribution in [0.25, 0.3) is 0 Å². The maximum Gasteiger partial charge on any atom is 0.230 e. The molecule has 3 heteroatoms. The number of nitrogens with zero attached hydrogens (tertiary/aromatic N) is 1. The van der Waals surface area contributed by atoms with E-state index in [1.807, 2.05) is 0 Å². The van der Waals surface area contributed by atoms with Crippen molar-refractivity contribution in [3.63, 3.8) is 0 Å². The van der Waals surface area contributed by atoms with Crippen LogP contribution in [0.5, 0.6) is 5.88 Å². The average molecular weight is 129 g/mol. The molecule has 0 amide bonds. The molecule has 1 heterocycles. The van der Waals surface area contributed by atoms with E-state index in [2.05, 4.69) is 0 Å². The van der Waals surface area contributed by atoms with Gasteiger partial charge in [0.15, 0.2) is 5.82 Å². The maximum absolute atomic E-state index is 12.5. The zero-order chi connectivity index (χ0) is 6.85. The van der Waals surface area contributed by atoms with E-state index in [1.165, 1.54) is 13.2 Å². The van der Waals surface area contributed by atoms with Crippen molar-refractivity contribution >= 4 is 0 Å². The third-order valence-corrected chi connectivity index (χ3v) is 1.16. The van der Waals surface area contributed by atoms with Gasteiger partial charge < -0.3 is 9.30 Å². The highest BCUT2D eigenvalue weighted by Gasteiger charge is 2.03. The first-order valence-electron chi connectivity index (χ1n) is 2.60. The van der Waals surface area contributed by atoms with Crippen molar-refractivity contribution in [1.82, 2.24) is 4.57 Å². The smallest absolute Gasteiger partial charge is 0.230 e. The van der Waals surface area contributed by atoms with Gasteiger partial charge in [-0.25, -0.2) is 4.39 Å². The largest absolute Gasteiger partial charge is 0.480 e. The lowest BCUT2D eigenvalue weighted by Crippen LogP contribution is -1.92. The fourth-order valence-corrected chi connectivity index (χ4v) is 0.726. The van der Waals surface area contributed by atoms with E-state index in [9.17, 15) is 4.39 Å². The minimum absolute atomic E-state index is 0.273.